The molecule has 1 aromatic heterocycles. The van der Waals surface area contributed by atoms with Crippen LogP contribution in [0.5, 0.6) is 0 Å². The van der Waals surface area contributed by atoms with Crippen molar-refractivity contribution in [1.29, 1.82) is 0 Å². The minimum absolute atomic E-state index is 0.152. The monoisotopic (exact) mass is 387 g/mol. The maximum Gasteiger partial charge on any atom is 0.316 e. The average molecular weight is 388 g/mol. The van der Waals surface area contributed by atoms with E-state index < -0.39 is 5.97 Å². The Balaban J connectivity index is 1.50. The molecule has 1 N–H and O–H groups in total. The van der Waals surface area contributed by atoms with Crippen LogP contribution in [0.3, 0.4) is 0 Å². The number of hydrogen-bond acceptors (Lipinski definition) is 5. The van der Waals surface area contributed by atoms with Crippen molar-refractivity contribution < 1.29 is 14.3 Å². The Morgan fingerprint density at radius 2 is 1.93 bits per heavy atom. The van der Waals surface area contributed by atoms with Gasteiger partial charge < -0.3 is 10.1 Å². The molecular weight excluding hydrogens is 362 g/mol. The minimum atomic E-state index is -0.396. The fourth-order valence-electron chi connectivity index (χ4n) is 3.32. The molecule has 3 rings (SSSR count). The van der Waals surface area contributed by atoms with E-state index in [2.05, 4.69) is 10.4 Å². The second-order valence-corrected chi connectivity index (χ2v) is 7.73. The Morgan fingerprint density at radius 3 is 2.63 bits per heavy atom. The summed E-state index contributed by atoms with van der Waals surface area (Å²) in [6.45, 7) is 3.70. The number of nitrogens with one attached hydrogen (secondary N) is 1. The average Bonchev–Trinajstić information content (AvgIpc) is 3.27. The first-order valence-corrected chi connectivity index (χ1v) is 10.2. The number of hydrogen-bond donors (Lipinski definition) is 1. The van der Waals surface area contributed by atoms with Gasteiger partial charge in [-0.25, -0.2) is 4.68 Å². The maximum atomic E-state index is 12.0. The molecule has 6 nitrogen and oxygen atoms in total. The molecule has 0 radical (unpaired) electrons. The highest BCUT2D eigenvalue weighted by Gasteiger charge is 2.19. The highest BCUT2D eigenvalue weighted by atomic mass is 32.2. The van der Waals surface area contributed by atoms with Crippen LogP contribution in [0.25, 0.3) is 5.69 Å². The molecule has 1 amide bonds. The molecule has 0 atom stereocenters. The minimum Gasteiger partial charge on any atom is -0.455 e. The van der Waals surface area contributed by atoms with Gasteiger partial charge in [0.15, 0.2) is 6.61 Å². The Hall–Kier alpha value is -2.28. The first kappa shape index (κ1) is 19.5. The van der Waals surface area contributed by atoms with Crippen LogP contribution in [0.1, 0.15) is 37.1 Å². The van der Waals surface area contributed by atoms with E-state index in [9.17, 15) is 9.59 Å². The van der Waals surface area contributed by atoms with Crippen molar-refractivity contribution in [1.82, 2.24) is 15.1 Å². The normalized spacial score (nSPS) is 14.3. The Kier molecular flexibility index (Phi) is 6.55. The number of nitrogens with zero attached hydrogens (tertiary/aromatic N) is 2. The highest BCUT2D eigenvalue weighted by molar-refractivity contribution is 8.00. The maximum absolute atomic E-state index is 12.0. The van der Waals surface area contributed by atoms with E-state index in [1.54, 1.807) is 0 Å². The number of thioether (sulfide) groups is 1. The van der Waals surface area contributed by atoms with Crippen molar-refractivity contribution in [2.75, 3.05) is 12.4 Å². The number of carbonyl (C=O) groups excluding carboxylic acids is 2. The van der Waals surface area contributed by atoms with Gasteiger partial charge in [0.2, 0.25) is 0 Å². The molecule has 7 heteroatoms. The highest BCUT2D eigenvalue weighted by Crippen LogP contribution is 2.28. The molecule has 0 unspecified atom stereocenters. The number of benzene rings is 1. The van der Waals surface area contributed by atoms with Crippen LogP contribution in [0.4, 0.5) is 0 Å². The summed E-state index contributed by atoms with van der Waals surface area (Å²) in [7, 11) is 0. The van der Waals surface area contributed by atoms with Gasteiger partial charge >= 0.3 is 5.97 Å². The lowest BCUT2D eigenvalue weighted by Crippen LogP contribution is -2.36. The quantitative estimate of drug-likeness (QED) is 0.583. The van der Waals surface area contributed by atoms with E-state index in [0.717, 1.165) is 47.7 Å². The number of ether oxygens (including phenoxy) is 1. The van der Waals surface area contributed by atoms with E-state index in [1.807, 2.05) is 48.9 Å². The summed E-state index contributed by atoms with van der Waals surface area (Å²) < 4.78 is 6.98. The van der Waals surface area contributed by atoms with Gasteiger partial charge in [-0.15, -0.1) is 11.8 Å². The van der Waals surface area contributed by atoms with Gasteiger partial charge in [-0.2, -0.15) is 5.10 Å². The molecule has 144 valence electrons. The van der Waals surface area contributed by atoms with Crippen molar-refractivity contribution in [3.05, 3.63) is 41.7 Å². The number of para-hydroxylation sites is 1. The van der Waals surface area contributed by atoms with Gasteiger partial charge in [-0.1, -0.05) is 31.0 Å². The molecule has 1 aliphatic rings. The third kappa shape index (κ3) is 5.13. The molecule has 0 bridgehead atoms. The fourth-order valence-corrected chi connectivity index (χ4v) is 4.21. The van der Waals surface area contributed by atoms with Crippen LogP contribution < -0.4 is 5.32 Å². The number of aryl methyl sites for hydroxylation is 1. The molecule has 2 aromatic rings. The molecule has 0 saturated heterocycles. The fraction of sp³-hybridized carbons (Fsp3) is 0.450. The smallest absolute Gasteiger partial charge is 0.316 e. The van der Waals surface area contributed by atoms with Crippen LogP contribution in [-0.4, -0.2) is 40.1 Å². The largest absolute Gasteiger partial charge is 0.455 e. The molecule has 0 aliphatic heterocycles. The standard InChI is InChI=1S/C20H25N3O3S/c1-14-20(15(2)23(22-14)17-10-4-3-5-11-17)27-13-19(25)26-12-18(24)21-16-8-6-7-9-16/h3-5,10-11,16H,6-9,12-13H2,1-2H3,(H,21,24). The number of esters is 1. The van der Waals surface area contributed by atoms with Gasteiger partial charge in [0.05, 0.1) is 27.7 Å². The van der Waals surface area contributed by atoms with Crippen molar-refractivity contribution >= 4 is 23.6 Å². The third-order valence-electron chi connectivity index (χ3n) is 4.64. The second-order valence-electron chi connectivity index (χ2n) is 6.75. The summed E-state index contributed by atoms with van der Waals surface area (Å²) in [5.74, 6) is -0.462. The Bertz CT molecular complexity index is 798. The number of aromatic nitrogens is 2. The predicted octanol–water partition coefficient (Wildman–Crippen LogP) is 3.18. The predicted molar refractivity (Wildman–Crippen MR) is 105 cm³/mol. The summed E-state index contributed by atoms with van der Waals surface area (Å²) in [4.78, 5) is 24.8. The van der Waals surface area contributed by atoms with Gasteiger partial charge in [-0.05, 0) is 38.8 Å². The molecule has 1 aliphatic carbocycles. The summed E-state index contributed by atoms with van der Waals surface area (Å²) in [5.41, 5.74) is 2.83. The van der Waals surface area contributed by atoms with Crippen LogP contribution in [0.2, 0.25) is 0 Å². The van der Waals surface area contributed by atoms with Crippen LogP contribution in [-0.2, 0) is 14.3 Å². The van der Waals surface area contributed by atoms with E-state index in [-0.39, 0.29) is 24.3 Å². The van der Waals surface area contributed by atoms with Gasteiger partial charge in [0.25, 0.3) is 5.91 Å². The van der Waals surface area contributed by atoms with Crippen LogP contribution in [0.15, 0.2) is 35.2 Å². The number of amides is 1. The molecule has 1 fully saturated rings. The van der Waals surface area contributed by atoms with E-state index >= 15 is 0 Å². The van der Waals surface area contributed by atoms with E-state index in [1.165, 1.54) is 11.8 Å². The first-order valence-electron chi connectivity index (χ1n) is 9.24. The Labute approximate surface area is 163 Å². The topological polar surface area (TPSA) is 73.2 Å². The molecule has 1 heterocycles. The first-order chi connectivity index (χ1) is 13.0. The lowest BCUT2D eigenvalue weighted by Gasteiger charge is -2.11. The zero-order chi connectivity index (χ0) is 19.2. The van der Waals surface area contributed by atoms with E-state index in [4.69, 9.17) is 4.74 Å². The van der Waals surface area contributed by atoms with Crippen LogP contribution >= 0.6 is 11.8 Å². The third-order valence-corrected chi connectivity index (χ3v) is 5.90. The molecular formula is C20H25N3O3S. The molecule has 1 aromatic carbocycles. The van der Waals surface area contributed by atoms with Crippen molar-refractivity contribution in [3.63, 3.8) is 0 Å². The Morgan fingerprint density at radius 1 is 1.22 bits per heavy atom. The number of carbonyl (C=O) groups is 2. The van der Waals surface area contributed by atoms with Crippen LogP contribution in [0, 0.1) is 13.8 Å². The molecule has 1 saturated carbocycles. The van der Waals surface area contributed by atoms with Crippen molar-refractivity contribution in [2.45, 2.75) is 50.5 Å². The zero-order valence-electron chi connectivity index (χ0n) is 15.7. The summed E-state index contributed by atoms with van der Waals surface area (Å²) >= 11 is 1.39. The summed E-state index contributed by atoms with van der Waals surface area (Å²) in [6, 6.07) is 10.1. The number of rotatable bonds is 7. The lowest BCUT2D eigenvalue weighted by molar-refractivity contribution is -0.146. The second kappa shape index (κ2) is 9.08. The van der Waals surface area contributed by atoms with E-state index in [0.29, 0.717) is 0 Å². The van der Waals surface area contributed by atoms with Gasteiger partial charge in [0.1, 0.15) is 0 Å². The van der Waals surface area contributed by atoms with Gasteiger partial charge in [-0.3, -0.25) is 9.59 Å². The van der Waals surface area contributed by atoms with Gasteiger partial charge in [0, 0.05) is 6.04 Å². The summed E-state index contributed by atoms with van der Waals surface area (Å²) in [5, 5.41) is 7.48. The zero-order valence-corrected chi connectivity index (χ0v) is 16.6. The van der Waals surface area contributed by atoms with Crippen molar-refractivity contribution in [2.24, 2.45) is 0 Å². The molecule has 0 spiro atoms. The summed E-state index contributed by atoms with van der Waals surface area (Å²) in [6.07, 6.45) is 4.33. The molecule has 27 heavy (non-hydrogen) atoms. The lowest BCUT2D eigenvalue weighted by atomic mass is 10.2. The van der Waals surface area contributed by atoms with Crippen molar-refractivity contribution in [3.8, 4) is 5.69 Å². The SMILES string of the molecule is Cc1nn(-c2ccccc2)c(C)c1SCC(=O)OCC(=O)NC1CCCC1.